The van der Waals surface area contributed by atoms with E-state index in [0.29, 0.717) is 6.42 Å². The first-order valence-electron chi connectivity index (χ1n) is 7.32. The number of piperidine rings is 1. The van der Waals surface area contributed by atoms with Gasteiger partial charge in [-0.05, 0) is 53.1 Å². The Kier molecular flexibility index (Phi) is 6.26. The van der Waals surface area contributed by atoms with Gasteiger partial charge < -0.3 is 20.7 Å². The molecule has 1 rings (SSSR count). The Hall–Kier alpha value is -1.30. The van der Waals surface area contributed by atoms with Crippen LogP contribution in [0.5, 0.6) is 0 Å². The molecule has 116 valence electrons. The summed E-state index contributed by atoms with van der Waals surface area (Å²) in [6.45, 7) is 9.08. The van der Waals surface area contributed by atoms with Gasteiger partial charge in [0.2, 0.25) is 5.91 Å². The van der Waals surface area contributed by atoms with Gasteiger partial charge in [0, 0.05) is 6.04 Å². The van der Waals surface area contributed by atoms with E-state index in [0.717, 1.165) is 25.9 Å². The highest BCUT2D eigenvalue weighted by molar-refractivity contribution is 5.85. The molecule has 1 aliphatic rings. The predicted molar refractivity (Wildman–Crippen MR) is 77.5 cm³/mol. The Bertz CT molecular complexity index is 333. The summed E-state index contributed by atoms with van der Waals surface area (Å²) in [5.74, 6) is -0.134. The minimum Gasteiger partial charge on any atom is -0.444 e. The molecule has 2 amide bonds. The van der Waals surface area contributed by atoms with Crippen LogP contribution in [0.2, 0.25) is 0 Å². The van der Waals surface area contributed by atoms with E-state index in [1.807, 2.05) is 6.92 Å². The highest BCUT2D eigenvalue weighted by Crippen LogP contribution is 2.08. The van der Waals surface area contributed by atoms with Gasteiger partial charge in [-0.2, -0.15) is 0 Å². The van der Waals surface area contributed by atoms with E-state index < -0.39 is 17.7 Å². The van der Waals surface area contributed by atoms with Gasteiger partial charge >= 0.3 is 6.09 Å². The van der Waals surface area contributed by atoms with Crippen LogP contribution in [-0.2, 0) is 9.53 Å². The quantitative estimate of drug-likeness (QED) is 0.724. The second-order valence-electron chi connectivity index (χ2n) is 6.14. The van der Waals surface area contributed by atoms with Crippen molar-refractivity contribution in [1.82, 2.24) is 16.0 Å². The lowest BCUT2D eigenvalue weighted by Gasteiger charge is -2.27. The summed E-state index contributed by atoms with van der Waals surface area (Å²) >= 11 is 0. The molecule has 0 aromatic carbocycles. The van der Waals surface area contributed by atoms with E-state index in [2.05, 4.69) is 16.0 Å². The Labute approximate surface area is 121 Å². The molecule has 1 aliphatic heterocycles. The monoisotopic (exact) mass is 285 g/mol. The fourth-order valence-electron chi connectivity index (χ4n) is 2.07. The Balaban J connectivity index is 2.43. The first kappa shape index (κ1) is 16.8. The zero-order valence-corrected chi connectivity index (χ0v) is 12.9. The Morgan fingerprint density at radius 2 is 1.90 bits per heavy atom. The number of ether oxygens (including phenoxy) is 1. The first-order valence-corrected chi connectivity index (χ1v) is 7.32. The molecule has 0 radical (unpaired) electrons. The van der Waals surface area contributed by atoms with Gasteiger partial charge in [0.1, 0.15) is 11.6 Å². The van der Waals surface area contributed by atoms with Crippen LogP contribution in [0, 0.1) is 0 Å². The van der Waals surface area contributed by atoms with Crippen LogP contribution in [-0.4, -0.2) is 42.8 Å². The molecule has 6 heteroatoms. The van der Waals surface area contributed by atoms with Crippen LogP contribution in [0.3, 0.4) is 0 Å². The van der Waals surface area contributed by atoms with Gasteiger partial charge in [-0.3, -0.25) is 4.79 Å². The summed E-state index contributed by atoms with van der Waals surface area (Å²) < 4.78 is 5.17. The second-order valence-corrected chi connectivity index (χ2v) is 6.14. The maximum Gasteiger partial charge on any atom is 0.408 e. The molecule has 1 heterocycles. The van der Waals surface area contributed by atoms with Crippen molar-refractivity contribution in [2.45, 2.75) is 64.6 Å². The SMILES string of the molecule is CCC(NC(=O)OC(C)(C)C)C(=O)NC1CCNCC1. The molecule has 0 aromatic heterocycles. The van der Waals surface area contributed by atoms with Gasteiger partial charge in [0.05, 0.1) is 0 Å². The number of nitrogens with one attached hydrogen (secondary N) is 3. The lowest BCUT2D eigenvalue weighted by Crippen LogP contribution is -2.52. The molecule has 0 aromatic rings. The molecule has 0 saturated carbocycles. The summed E-state index contributed by atoms with van der Waals surface area (Å²) in [6, 6.07) is -0.349. The lowest BCUT2D eigenvalue weighted by molar-refractivity contribution is -0.124. The lowest BCUT2D eigenvalue weighted by atomic mass is 10.1. The van der Waals surface area contributed by atoms with Crippen molar-refractivity contribution < 1.29 is 14.3 Å². The Morgan fingerprint density at radius 1 is 1.30 bits per heavy atom. The van der Waals surface area contributed by atoms with Crippen LogP contribution < -0.4 is 16.0 Å². The van der Waals surface area contributed by atoms with E-state index >= 15 is 0 Å². The average molecular weight is 285 g/mol. The highest BCUT2D eigenvalue weighted by Gasteiger charge is 2.25. The van der Waals surface area contributed by atoms with E-state index in [-0.39, 0.29) is 11.9 Å². The molecule has 0 bridgehead atoms. The van der Waals surface area contributed by atoms with E-state index in [1.54, 1.807) is 20.8 Å². The van der Waals surface area contributed by atoms with Crippen molar-refractivity contribution in [3.8, 4) is 0 Å². The Morgan fingerprint density at radius 3 is 2.40 bits per heavy atom. The number of carbonyl (C=O) groups excluding carboxylic acids is 2. The topological polar surface area (TPSA) is 79.5 Å². The minimum atomic E-state index is -0.562. The van der Waals surface area contributed by atoms with Crippen LogP contribution in [0.15, 0.2) is 0 Å². The van der Waals surface area contributed by atoms with Crippen molar-refractivity contribution in [2.24, 2.45) is 0 Å². The van der Waals surface area contributed by atoms with Crippen LogP contribution >= 0.6 is 0 Å². The van der Waals surface area contributed by atoms with Crippen molar-refractivity contribution in [2.75, 3.05) is 13.1 Å². The molecule has 0 aliphatic carbocycles. The fraction of sp³-hybridized carbons (Fsp3) is 0.857. The molecule has 3 N–H and O–H groups in total. The summed E-state index contributed by atoms with van der Waals surface area (Å²) in [5.41, 5.74) is -0.562. The smallest absolute Gasteiger partial charge is 0.408 e. The fourth-order valence-corrected chi connectivity index (χ4v) is 2.07. The predicted octanol–water partition coefficient (Wildman–Crippen LogP) is 1.16. The first-order chi connectivity index (χ1) is 9.31. The largest absolute Gasteiger partial charge is 0.444 e. The van der Waals surface area contributed by atoms with Crippen molar-refractivity contribution >= 4 is 12.0 Å². The third-order valence-electron chi connectivity index (χ3n) is 3.10. The highest BCUT2D eigenvalue weighted by atomic mass is 16.6. The average Bonchev–Trinajstić information content (AvgIpc) is 2.35. The number of rotatable bonds is 4. The molecule has 1 atom stereocenters. The third kappa shape index (κ3) is 6.23. The van der Waals surface area contributed by atoms with Crippen molar-refractivity contribution in [3.05, 3.63) is 0 Å². The normalized spacial score (nSPS) is 18.2. The molecule has 1 unspecified atom stereocenters. The molecule has 1 saturated heterocycles. The van der Waals surface area contributed by atoms with Crippen molar-refractivity contribution in [1.29, 1.82) is 0 Å². The number of hydrogen-bond acceptors (Lipinski definition) is 4. The van der Waals surface area contributed by atoms with E-state index in [4.69, 9.17) is 4.74 Å². The summed E-state index contributed by atoms with van der Waals surface area (Å²) in [4.78, 5) is 23.8. The summed E-state index contributed by atoms with van der Waals surface area (Å²) in [7, 11) is 0. The zero-order valence-electron chi connectivity index (χ0n) is 12.9. The van der Waals surface area contributed by atoms with E-state index in [9.17, 15) is 9.59 Å². The third-order valence-corrected chi connectivity index (χ3v) is 3.10. The maximum absolute atomic E-state index is 12.1. The molecular formula is C14H27N3O3. The molecule has 20 heavy (non-hydrogen) atoms. The van der Waals surface area contributed by atoms with Crippen LogP contribution in [0.1, 0.15) is 47.0 Å². The standard InChI is InChI=1S/C14H27N3O3/c1-5-11(17-13(19)20-14(2,3)4)12(18)16-10-6-8-15-9-7-10/h10-11,15H,5-9H2,1-4H3,(H,16,18)(H,17,19). The van der Waals surface area contributed by atoms with Gasteiger partial charge in [-0.15, -0.1) is 0 Å². The van der Waals surface area contributed by atoms with Crippen LogP contribution in [0.4, 0.5) is 4.79 Å². The molecule has 1 fully saturated rings. The maximum atomic E-state index is 12.1. The van der Waals surface area contributed by atoms with E-state index in [1.165, 1.54) is 0 Å². The summed E-state index contributed by atoms with van der Waals surface area (Å²) in [5, 5.41) is 8.86. The minimum absolute atomic E-state index is 0.134. The van der Waals surface area contributed by atoms with Crippen molar-refractivity contribution in [3.63, 3.8) is 0 Å². The number of amides is 2. The zero-order chi connectivity index (χ0) is 15.2. The summed E-state index contributed by atoms with van der Waals surface area (Å²) in [6.07, 6.45) is 1.84. The number of hydrogen-bond donors (Lipinski definition) is 3. The van der Waals surface area contributed by atoms with Gasteiger partial charge in [-0.25, -0.2) is 4.79 Å². The van der Waals surface area contributed by atoms with Crippen LogP contribution in [0.25, 0.3) is 0 Å². The van der Waals surface area contributed by atoms with Gasteiger partial charge in [-0.1, -0.05) is 6.92 Å². The second kappa shape index (κ2) is 7.47. The molecule has 6 nitrogen and oxygen atoms in total. The number of alkyl carbamates (subject to hydrolysis) is 1. The van der Waals surface area contributed by atoms with Gasteiger partial charge in [0.25, 0.3) is 0 Å². The van der Waals surface area contributed by atoms with Gasteiger partial charge in [0.15, 0.2) is 0 Å². The molecular weight excluding hydrogens is 258 g/mol. The molecule has 0 spiro atoms. The number of carbonyl (C=O) groups is 2.